The van der Waals surface area contributed by atoms with Crippen molar-refractivity contribution in [3.8, 4) is 11.3 Å². The molecule has 1 N–H and O–H groups in total. The van der Waals surface area contributed by atoms with Crippen LogP contribution in [0.25, 0.3) is 16.2 Å². The fraction of sp³-hybridized carbons (Fsp3) is 0.0769. The number of aliphatic carboxylic acids is 1. The van der Waals surface area contributed by atoms with Gasteiger partial charge in [-0.1, -0.05) is 30.3 Å². The van der Waals surface area contributed by atoms with E-state index < -0.39 is 5.97 Å². The quantitative estimate of drug-likeness (QED) is 0.785. The summed E-state index contributed by atoms with van der Waals surface area (Å²) in [6.45, 7) is 0. The molecule has 4 nitrogen and oxygen atoms in total. The van der Waals surface area contributed by atoms with Crippen LogP contribution in [-0.4, -0.2) is 20.5 Å². The van der Waals surface area contributed by atoms with E-state index in [2.05, 4.69) is 4.98 Å². The number of aromatic nitrogens is 2. The Kier molecular flexibility index (Phi) is 2.60. The van der Waals surface area contributed by atoms with Gasteiger partial charge in [-0.05, 0) is 0 Å². The summed E-state index contributed by atoms with van der Waals surface area (Å²) in [5, 5.41) is 8.74. The Morgan fingerprint density at radius 1 is 1.28 bits per heavy atom. The minimum atomic E-state index is -0.817. The van der Waals surface area contributed by atoms with Gasteiger partial charge in [0.15, 0.2) is 4.96 Å². The molecule has 0 saturated heterocycles. The largest absolute Gasteiger partial charge is 0.481 e. The Morgan fingerprint density at radius 2 is 2.06 bits per heavy atom. The number of carbonyl (C=O) groups is 1. The van der Waals surface area contributed by atoms with Gasteiger partial charge < -0.3 is 5.11 Å². The van der Waals surface area contributed by atoms with Gasteiger partial charge in [0.25, 0.3) is 0 Å². The third kappa shape index (κ3) is 2.00. The molecule has 0 fully saturated rings. The molecular formula is C13H10N2O2S. The maximum atomic E-state index is 10.6. The van der Waals surface area contributed by atoms with Crippen molar-refractivity contribution in [2.45, 2.75) is 6.42 Å². The predicted octanol–water partition coefficient (Wildman–Crippen LogP) is 2.69. The zero-order valence-electron chi connectivity index (χ0n) is 9.41. The molecule has 2 heterocycles. The first-order valence-electron chi connectivity index (χ1n) is 5.47. The number of hydrogen-bond donors (Lipinski definition) is 1. The molecule has 0 radical (unpaired) electrons. The molecule has 0 aliphatic heterocycles. The second-order valence-electron chi connectivity index (χ2n) is 3.95. The van der Waals surface area contributed by atoms with Crippen molar-refractivity contribution in [3.05, 3.63) is 47.6 Å². The number of fused-ring (bicyclic) bond motifs is 1. The molecule has 0 atom stereocenters. The predicted molar refractivity (Wildman–Crippen MR) is 69.8 cm³/mol. The Labute approximate surface area is 107 Å². The normalized spacial score (nSPS) is 10.9. The third-order valence-electron chi connectivity index (χ3n) is 2.60. The molecule has 0 aliphatic carbocycles. The molecule has 0 spiro atoms. The third-order valence-corrected chi connectivity index (χ3v) is 3.60. The summed E-state index contributed by atoms with van der Waals surface area (Å²) >= 11 is 1.41. The summed E-state index contributed by atoms with van der Waals surface area (Å²) < 4.78 is 1.88. The van der Waals surface area contributed by atoms with E-state index in [1.165, 1.54) is 11.3 Å². The van der Waals surface area contributed by atoms with Crippen molar-refractivity contribution in [3.63, 3.8) is 0 Å². The number of hydrogen-bond acceptors (Lipinski definition) is 3. The molecule has 0 bridgehead atoms. The fourth-order valence-corrected chi connectivity index (χ4v) is 2.77. The van der Waals surface area contributed by atoms with E-state index in [4.69, 9.17) is 5.11 Å². The zero-order valence-corrected chi connectivity index (χ0v) is 10.2. The van der Waals surface area contributed by atoms with Crippen molar-refractivity contribution in [1.29, 1.82) is 0 Å². The molecule has 3 rings (SSSR count). The van der Waals surface area contributed by atoms with Crippen LogP contribution in [0.5, 0.6) is 0 Å². The minimum absolute atomic E-state index is 0.0503. The number of nitrogens with zero attached hydrogens (tertiary/aromatic N) is 2. The second kappa shape index (κ2) is 4.27. The molecule has 0 amide bonds. The van der Waals surface area contributed by atoms with Crippen LogP contribution in [0.3, 0.4) is 0 Å². The van der Waals surface area contributed by atoms with Gasteiger partial charge in [-0.25, -0.2) is 4.98 Å². The van der Waals surface area contributed by atoms with Gasteiger partial charge in [-0.3, -0.25) is 9.20 Å². The number of benzene rings is 1. The summed E-state index contributed by atoms with van der Waals surface area (Å²) in [4.78, 5) is 16.8. The number of thiazole rings is 1. The van der Waals surface area contributed by atoms with E-state index >= 15 is 0 Å². The van der Waals surface area contributed by atoms with Crippen molar-refractivity contribution in [2.75, 3.05) is 0 Å². The molecule has 0 unspecified atom stereocenters. The van der Waals surface area contributed by atoms with Crippen molar-refractivity contribution in [2.24, 2.45) is 0 Å². The Bertz CT molecular complexity index is 669. The highest BCUT2D eigenvalue weighted by molar-refractivity contribution is 7.17. The van der Waals surface area contributed by atoms with Gasteiger partial charge in [-0.2, -0.15) is 0 Å². The summed E-state index contributed by atoms with van der Waals surface area (Å²) in [6, 6.07) is 9.92. The van der Waals surface area contributed by atoms with Crippen LogP contribution >= 0.6 is 11.3 Å². The lowest BCUT2D eigenvalue weighted by Crippen LogP contribution is -1.97. The van der Waals surface area contributed by atoms with E-state index in [9.17, 15) is 4.79 Å². The molecular weight excluding hydrogens is 248 g/mol. The van der Waals surface area contributed by atoms with Crippen molar-refractivity contribution < 1.29 is 9.90 Å². The highest BCUT2D eigenvalue weighted by Gasteiger charge is 2.09. The molecule has 5 heteroatoms. The smallest absolute Gasteiger partial charge is 0.308 e. The number of imidazole rings is 1. The average Bonchev–Trinajstić information content (AvgIpc) is 2.87. The number of carboxylic acid groups (broad SMARTS) is 1. The summed E-state index contributed by atoms with van der Waals surface area (Å²) in [6.07, 6.45) is 3.80. The maximum absolute atomic E-state index is 10.6. The van der Waals surface area contributed by atoms with E-state index in [0.717, 1.165) is 21.1 Å². The van der Waals surface area contributed by atoms with E-state index in [1.807, 2.05) is 47.1 Å². The molecule has 2 aromatic heterocycles. The first-order valence-corrected chi connectivity index (χ1v) is 6.28. The van der Waals surface area contributed by atoms with E-state index in [0.29, 0.717) is 0 Å². The zero-order chi connectivity index (χ0) is 12.5. The van der Waals surface area contributed by atoms with Crippen LogP contribution in [0.1, 0.15) is 4.88 Å². The van der Waals surface area contributed by atoms with Crippen LogP contribution in [0.2, 0.25) is 0 Å². The molecule has 0 saturated carbocycles. The second-order valence-corrected chi connectivity index (χ2v) is 5.04. The van der Waals surface area contributed by atoms with Crippen molar-refractivity contribution in [1.82, 2.24) is 9.38 Å². The fourth-order valence-electron chi connectivity index (χ4n) is 1.82. The van der Waals surface area contributed by atoms with E-state index in [-0.39, 0.29) is 6.42 Å². The standard InChI is InChI=1S/C13H10N2O2S/c16-12(17)6-10-7-15-8-11(14-13(15)18-10)9-4-2-1-3-5-9/h1-5,7-8H,6H2,(H,16,17). The van der Waals surface area contributed by atoms with Crippen LogP contribution < -0.4 is 0 Å². The number of carboxylic acids is 1. The highest BCUT2D eigenvalue weighted by Crippen LogP contribution is 2.23. The lowest BCUT2D eigenvalue weighted by Gasteiger charge is -1.93. The van der Waals surface area contributed by atoms with E-state index in [1.54, 1.807) is 0 Å². The van der Waals surface area contributed by atoms with Crippen LogP contribution in [-0.2, 0) is 11.2 Å². The minimum Gasteiger partial charge on any atom is -0.481 e. The Hall–Kier alpha value is -2.14. The lowest BCUT2D eigenvalue weighted by atomic mass is 10.2. The van der Waals surface area contributed by atoms with Crippen LogP contribution in [0.15, 0.2) is 42.7 Å². The number of rotatable bonds is 3. The molecule has 18 heavy (non-hydrogen) atoms. The van der Waals surface area contributed by atoms with Crippen molar-refractivity contribution >= 4 is 22.3 Å². The average molecular weight is 258 g/mol. The molecule has 3 aromatic rings. The molecule has 0 aliphatic rings. The van der Waals surface area contributed by atoms with Gasteiger partial charge in [0, 0.05) is 22.8 Å². The maximum Gasteiger partial charge on any atom is 0.308 e. The van der Waals surface area contributed by atoms with Gasteiger partial charge in [0.2, 0.25) is 0 Å². The molecule has 90 valence electrons. The summed E-state index contributed by atoms with van der Waals surface area (Å²) in [7, 11) is 0. The summed E-state index contributed by atoms with van der Waals surface area (Å²) in [5.74, 6) is -0.817. The topological polar surface area (TPSA) is 54.6 Å². The van der Waals surface area contributed by atoms with Gasteiger partial charge in [0.05, 0.1) is 12.1 Å². The Morgan fingerprint density at radius 3 is 2.72 bits per heavy atom. The van der Waals surface area contributed by atoms with Crippen LogP contribution in [0.4, 0.5) is 0 Å². The first kappa shape index (κ1) is 11.0. The highest BCUT2D eigenvalue weighted by atomic mass is 32.1. The Balaban J connectivity index is 1.98. The van der Waals surface area contributed by atoms with Gasteiger partial charge in [0.1, 0.15) is 0 Å². The van der Waals surface area contributed by atoms with Gasteiger partial charge >= 0.3 is 5.97 Å². The monoisotopic (exact) mass is 258 g/mol. The van der Waals surface area contributed by atoms with Crippen LogP contribution in [0, 0.1) is 0 Å². The SMILES string of the molecule is O=C(O)Cc1cn2cc(-c3ccccc3)nc2s1. The lowest BCUT2D eigenvalue weighted by molar-refractivity contribution is -0.136. The molecule has 1 aromatic carbocycles. The van der Waals surface area contributed by atoms with Gasteiger partial charge in [-0.15, -0.1) is 11.3 Å². The first-order chi connectivity index (χ1) is 8.72. The summed E-state index contributed by atoms with van der Waals surface area (Å²) in [5.41, 5.74) is 1.97.